The highest BCUT2D eigenvalue weighted by molar-refractivity contribution is 5.79. The summed E-state index contributed by atoms with van der Waals surface area (Å²) >= 11 is 0. The first-order valence-electron chi connectivity index (χ1n) is 11.6. The van der Waals surface area contributed by atoms with E-state index in [1.807, 2.05) is 42.3 Å². The minimum atomic E-state index is -0.159. The van der Waals surface area contributed by atoms with E-state index < -0.39 is 0 Å². The molecule has 0 unspecified atom stereocenters. The number of pyridine rings is 1. The molecule has 1 fully saturated rings. The van der Waals surface area contributed by atoms with Gasteiger partial charge in [-0.3, -0.25) is 19.5 Å². The Morgan fingerprint density at radius 3 is 2.88 bits per heavy atom. The highest BCUT2D eigenvalue weighted by Gasteiger charge is 2.33. The van der Waals surface area contributed by atoms with Gasteiger partial charge in [-0.05, 0) is 37.0 Å². The molecular formula is C26H29N5O2. The van der Waals surface area contributed by atoms with Crippen LogP contribution in [0.3, 0.4) is 0 Å². The molecule has 4 heterocycles. The first-order chi connectivity index (χ1) is 16.1. The number of aromatic amines is 1. The van der Waals surface area contributed by atoms with E-state index in [4.69, 9.17) is 4.98 Å². The van der Waals surface area contributed by atoms with Crippen LogP contribution < -0.4 is 5.56 Å². The Bertz CT molecular complexity index is 1210. The topological polar surface area (TPSA) is 82.2 Å². The van der Waals surface area contributed by atoms with Crippen molar-refractivity contribution in [2.75, 3.05) is 13.1 Å². The van der Waals surface area contributed by atoms with E-state index >= 15 is 0 Å². The summed E-state index contributed by atoms with van der Waals surface area (Å²) < 4.78 is 0. The molecule has 0 spiro atoms. The Morgan fingerprint density at radius 2 is 2.06 bits per heavy atom. The van der Waals surface area contributed by atoms with Gasteiger partial charge < -0.3 is 9.88 Å². The van der Waals surface area contributed by atoms with Crippen LogP contribution in [0.15, 0.2) is 53.6 Å². The number of aryl methyl sites for hydroxylation is 1. The number of H-pyrrole nitrogens is 1. The lowest BCUT2D eigenvalue weighted by atomic mass is 10.1. The Hall–Kier alpha value is -3.32. The molecule has 5 rings (SSSR count). The van der Waals surface area contributed by atoms with E-state index in [1.165, 1.54) is 0 Å². The summed E-state index contributed by atoms with van der Waals surface area (Å²) in [6.07, 6.45) is 6.48. The second-order valence-corrected chi connectivity index (χ2v) is 9.11. The number of carbonyl (C=O) groups excluding carboxylic acids is 1. The van der Waals surface area contributed by atoms with E-state index in [2.05, 4.69) is 27.0 Å². The molecule has 3 aromatic rings. The first kappa shape index (κ1) is 21.5. The zero-order chi connectivity index (χ0) is 22.8. The highest BCUT2D eigenvalue weighted by atomic mass is 16.2. The number of rotatable bonds is 5. The van der Waals surface area contributed by atoms with Crippen molar-refractivity contribution in [3.05, 3.63) is 92.9 Å². The lowest BCUT2D eigenvalue weighted by Gasteiger charge is -2.29. The minimum Gasteiger partial charge on any atom is -0.332 e. The van der Waals surface area contributed by atoms with Crippen molar-refractivity contribution in [2.24, 2.45) is 0 Å². The number of likely N-dealkylation sites (tertiary alicyclic amines) is 1. The summed E-state index contributed by atoms with van der Waals surface area (Å²) in [5.41, 5.74) is 4.83. The van der Waals surface area contributed by atoms with Crippen LogP contribution in [0.1, 0.15) is 52.7 Å². The number of benzene rings is 1. The smallest absolute Gasteiger partial charge is 0.255 e. The van der Waals surface area contributed by atoms with E-state index in [0.717, 1.165) is 60.3 Å². The van der Waals surface area contributed by atoms with Gasteiger partial charge in [0.25, 0.3) is 5.56 Å². The molecule has 0 bridgehead atoms. The molecule has 0 radical (unpaired) electrons. The Labute approximate surface area is 193 Å². The van der Waals surface area contributed by atoms with Crippen LogP contribution in [0.2, 0.25) is 0 Å². The largest absolute Gasteiger partial charge is 0.332 e. The molecule has 1 N–H and O–H groups in total. The standard InChI is InChI=1S/C26H29N5O2/c1-18-5-2-6-19(13-18)14-24(32)31-11-4-8-23(31)25-28-22-9-12-30(17-21(22)26(33)29-25)16-20-7-3-10-27-15-20/h2-3,5-7,10,13,15,23H,4,8-9,11-12,14,16-17H2,1H3,(H,28,29,33)/t23-/m0/s1. The number of nitrogens with one attached hydrogen (secondary N) is 1. The molecule has 1 amide bonds. The molecule has 2 aliphatic heterocycles. The average Bonchev–Trinajstić information content (AvgIpc) is 3.30. The third-order valence-electron chi connectivity index (χ3n) is 6.62. The van der Waals surface area contributed by atoms with Gasteiger partial charge in [0.1, 0.15) is 5.82 Å². The number of hydrogen-bond donors (Lipinski definition) is 1. The Balaban J connectivity index is 1.32. The molecule has 2 aliphatic rings. The SMILES string of the molecule is Cc1cccc(CC(=O)N2CCC[C@H]2c2nc3c(c(=O)[nH]2)CN(Cc2cccnc2)CC3)c1. The Kier molecular flexibility index (Phi) is 6.05. The number of hydrogen-bond acceptors (Lipinski definition) is 5. The number of nitrogens with zero attached hydrogens (tertiary/aromatic N) is 4. The van der Waals surface area contributed by atoms with Crippen molar-refractivity contribution in [1.82, 2.24) is 24.8 Å². The number of amides is 1. The van der Waals surface area contributed by atoms with Crippen LogP contribution in [-0.2, 0) is 30.7 Å². The molecule has 0 saturated carbocycles. The predicted octanol–water partition coefficient (Wildman–Crippen LogP) is 2.94. The van der Waals surface area contributed by atoms with Crippen LogP contribution in [-0.4, -0.2) is 43.7 Å². The zero-order valence-corrected chi connectivity index (χ0v) is 19.0. The molecule has 7 nitrogen and oxygen atoms in total. The summed E-state index contributed by atoms with van der Waals surface area (Å²) in [5, 5.41) is 0. The summed E-state index contributed by atoms with van der Waals surface area (Å²) in [7, 11) is 0. The normalized spacial score (nSPS) is 18.3. The van der Waals surface area contributed by atoms with Crippen molar-refractivity contribution >= 4 is 5.91 Å². The average molecular weight is 444 g/mol. The van der Waals surface area contributed by atoms with Crippen molar-refractivity contribution in [3.63, 3.8) is 0 Å². The molecule has 1 saturated heterocycles. The zero-order valence-electron chi connectivity index (χ0n) is 19.0. The van der Waals surface area contributed by atoms with Gasteiger partial charge in [-0.2, -0.15) is 0 Å². The second-order valence-electron chi connectivity index (χ2n) is 9.11. The number of carbonyl (C=O) groups is 1. The van der Waals surface area contributed by atoms with Gasteiger partial charge in [0.2, 0.25) is 5.91 Å². The van der Waals surface area contributed by atoms with Crippen LogP contribution in [0.25, 0.3) is 0 Å². The quantitative estimate of drug-likeness (QED) is 0.656. The summed E-state index contributed by atoms with van der Waals surface area (Å²) in [5.74, 6) is 0.723. The van der Waals surface area contributed by atoms with Gasteiger partial charge in [0.15, 0.2) is 0 Å². The van der Waals surface area contributed by atoms with Crippen LogP contribution >= 0.6 is 0 Å². The monoisotopic (exact) mass is 443 g/mol. The van der Waals surface area contributed by atoms with Gasteiger partial charge in [-0.15, -0.1) is 0 Å². The third kappa shape index (κ3) is 4.73. The van der Waals surface area contributed by atoms with Crippen LogP contribution in [0.4, 0.5) is 0 Å². The van der Waals surface area contributed by atoms with E-state index in [0.29, 0.717) is 25.3 Å². The van der Waals surface area contributed by atoms with Crippen molar-refractivity contribution < 1.29 is 4.79 Å². The predicted molar refractivity (Wildman–Crippen MR) is 125 cm³/mol. The molecule has 1 aromatic carbocycles. The van der Waals surface area contributed by atoms with E-state index in [-0.39, 0.29) is 17.5 Å². The van der Waals surface area contributed by atoms with Gasteiger partial charge in [-0.25, -0.2) is 4.98 Å². The van der Waals surface area contributed by atoms with Crippen LogP contribution in [0.5, 0.6) is 0 Å². The highest BCUT2D eigenvalue weighted by Crippen LogP contribution is 2.31. The van der Waals surface area contributed by atoms with Gasteiger partial charge in [0.05, 0.1) is 23.7 Å². The van der Waals surface area contributed by atoms with Crippen molar-refractivity contribution in [2.45, 2.75) is 51.7 Å². The van der Waals surface area contributed by atoms with Gasteiger partial charge in [0, 0.05) is 45.0 Å². The maximum Gasteiger partial charge on any atom is 0.255 e. The molecular weight excluding hydrogens is 414 g/mol. The number of fused-ring (bicyclic) bond motifs is 1. The molecule has 0 aliphatic carbocycles. The summed E-state index contributed by atoms with van der Waals surface area (Å²) in [4.78, 5) is 42.3. The second kappa shape index (κ2) is 9.27. The summed E-state index contributed by atoms with van der Waals surface area (Å²) in [6.45, 7) is 4.92. The molecule has 33 heavy (non-hydrogen) atoms. The minimum absolute atomic E-state index is 0.0798. The molecule has 2 aromatic heterocycles. The maximum absolute atomic E-state index is 13.1. The fourth-order valence-corrected chi connectivity index (χ4v) is 4.99. The fourth-order valence-electron chi connectivity index (χ4n) is 4.99. The Morgan fingerprint density at radius 1 is 1.18 bits per heavy atom. The van der Waals surface area contributed by atoms with E-state index in [1.54, 1.807) is 6.20 Å². The summed E-state index contributed by atoms with van der Waals surface area (Å²) in [6, 6.07) is 11.9. The maximum atomic E-state index is 13.1. The molecule has 170 valence electrons. The third-order valence-corrected chi connectivity index (χ3v) is 6.62. The van der Waals surface area contributed by atoms with Crippen molar-refractivity contribution in [1.29, 1.82) is 0 Å². The van der Waals surface area contributed by atoms with E-state index in [9.17, 15) is 9.59 Å². The number of aromatic nitrogens is 3. The van der Waals surface area contributed by atoms with Gasteiger partial charge >= 0.3 is 0 Å². The van der Waals surface area contributed by atoms with Crippen molar-refractivity contribution in [3.8, 4) is 0 Å². The lowest BCUT2D eigenvalue weighted by molar-refractivity contribution is -0.131. The lowest BCUT2D eigenvalue weighted by Crippen LogP contribution is -2.38. The molecule has 1 atom stereocenters. The first-order valence-corrected chi connectivity index (χ1v) is 11.6. The van der Waals surface area contributed by atoms with Gasteiger partial charge in [-0.1, -0.05) is 35.9 Å². The van der Waals surface area contributed by atoms with Crippen LogP contribution in [0, 0.1) is 6.92 Å². The molecule has 7 heteroatoms. The fraction of sp³-hybridized carbons (Fsp3) is 0.385.